The third-order valence-corrected chi connectivity index (χ3v) is 3.50. The second kappa shape index (κ2) is 5.13. The van der Waals surface area contributed by atoms with E-state index in [1.165, 1.54) is 32.1 Å². The minimum Gasteiger partial charge on any atom is -0.329 e. The summed E-state index contributed by atoms with van der Waals surface area (Å²) in [6, 6.07) is 0.713. The van der Waals surface area contributed by atoms with Crippen molar-refractivity contribution in [2.45, 2.75) is 64.5 Å². The van der Waals surface area contributed by atoms with Crippen molar-refractivity contribution in [3.05, 3.63) is 0 Å². The fraction of sp³-hybridized carbons (Fsp3) is 1.00. The minimum absolute atomic E-state index is 0.170. The van der Waals surface area contributed by atoms with Crippen LogP contribution in [-0.2, 0) is 0 Å². The van der Waals surface area contributed by atoms with Crippen LogP contribution in [0.4, 0.5) is 0 Å². The van der Waals surface area contributed by atoms with E-state index in [9.17, 15) is 0 Å². The SMILES string of the molecule is CCCC(C)(CN)NC1CCC(C)C1. The second-order valence-electron chi connectivity index (χ2n) is 5.27. The Labute approximate surface area is 88.6 Å². The van der Waals surface area contributed by atoms with Gasteiger partial charge in [0, 0.05) is 18.1 Å². The van der Waals surface area contributed by atoms with Gasteiger partial charge in [-0.1, -0.05) is 20.3 Å². The molecule has 0 spiro atoms. The minimum atomic E-state index is 0.170. The van der Waals surface area contributed by atoms with Crippen LogP contribution in [0, 0.1) is 5.92 Å². The fourth-order valence-electron chi connectivity index (χ4n) is 2.62. The van der Waals surface area contributed by atoms with Gasteiger partial charge in [-0.3, -0.25) is 0 Å². The highest BCUT2D eigenvalue weighted by atomic mass is 15.0. The van der Waals surface area contributed by atoms with Gasteiger partial charge in [0.2, 0.25) is 0 Å². The molecule has 0 saturated heterocycles. The Balaban J connectivity index is 2.39. The van der Waals surface area contributed by atoms with Gasteiger partial charge in [-0.25, -0.2) is 0 Å². The van der Waals surface area contributed by atoms with E-state index < -0.39 is 0 Å². The van der Waals surface area contributed by atoms with Crippen LogP contribution >= 0.6 is 0 Å². The number of nitrogens with one attached hydrogen (secondary N) is 1. The molecule has 1 aliphatic rings. The molecule has 0 aromatic rings. The summed E-state index contributed by atoms with van der Waals surface area (Å²) in [5, 5.41) is 3.75. The van der Waals surface area contributed by atoms with Gasteiger partial charge < -0.3 is 11.1 Å². The highest BCUT2D eigenvalue weighted by Crippen LogP contribution is 2.27. The number of rotatable bonds is 5. The highest BCUT2D eigenvalue weighted by Gasteiger charge is 2.28. The highest BCUT2D eigenvalue weighted by molar-refractivity contribution is 4.90. The summed E-state index contributed by atoms with van der Waals surface area (Å²) in [5.41, 5.74) is 6.01. The second-order valence-corrected chi connectivity index (χ2v) is 5.27. The van der Waals surface area contributed by atoms with Crippen molar-refractivity contribution in [3.8, 4) is 0 Å². The number of hydrogen-bond acceptors (Lipinski definition) is 2. The van der Waals surface area contributed by atoms with Crippen LogP contribution in [0.5, 0.6) is 0 Å². The monoisotopic (exact) mass is 198 g/mol. The van der Waals surface area contributed by atoms with E-state index >= 15 is 0 Å². The van der Waals surface area contributed by atoms with E-state index in [-0.39, 0.29) is 5.54 Å². The number of nitrogens with two attached hydrogens (primary N) is 1. The van der Waals surface area contributed by atoms with E-state index in [2.05, 4.69) is 26.1 Å². The van der Waals surface area contributed by atoms with Crippen molar-refractivity contribution in [1.82, 2.24) is 5.32 Å². The lowest BCUT2D eigenvalue weighted by atomic mass is 9.94. The van der Waals surface area contributed by atoms with Gasteiger partial charge in [0.25, 0.3) is 0 Å². The molecule has 1 aliphatic carbocycles. The largest absolute Gasteiger partial charge is 0.329 e. The topological polar surface area (TPSA) is 38.0 Å². The van der Waals surface area contributed by atoms with Gasteiger partial charge in [-0.05, 0) is 38.5 Å². The molecule has 0 radical (unpaired) electrons. The van der Waals surface area contributed by atoms with Gasteiger partial charge in [0.05, 0.1) is 0 Å². The molecule has 1 saturated carbocycles. The average molecular weight is 198 g/mol. The molecule has 84 valence electrons. The standard InChI is InChI=1S/C12H26N2/c1-4-7-12(3,9-13)14-11-6-5-10(2)8-11/h10-11,14H,4-9,13H2,1-3H3. The lowest BCUT2D eigenvalue weighted by Gasteiger charge is -2.32. The first-order chi connectivity index (χ1) is 6.59. The lowest BCUT2D eigenvalue weighted by Crippen LogP contribution is -2.52. The molecule has 1 fully saturated rings. The predicted octanol–water partition coefficient (Wildman–Crippen LogP) is 2.28. The van der Waals surface area contributed by atoms with E-state index in [4.69, 9.17) is 5.73 Å². The summed E-state index contributed by atoms with van der Waals surface area (Å²) in [6.07, 6.45) is 6.45. The van der Waals surface area contributed by atoms with Crippen molar-refractivity contribution in [2.75, 3.05) is 6.54 Å². The Morgan fingerprint density at radius 2 is 2.14 bits per heavy atom. The molecule has 14 heavy (non-hydrogen) atoms. The molecule has 2 heteroatoms. The summed E-state index contributed by atoms with van der Waals surface area (Å²) in [4.78, 5) is 0. The van der Waals surface area contributed by atoms with Gasteiger partial charge in [0.1, 0.15) is 0 Å². The summed E-state index contributed by atoms with van der Waals surface area (Å²) in [6.45, 7) is 7.60. The first-order valence-electron chi connectivity index (χ1n) is 6.07. The molecule has 0 aliphatic heterocycles. The predicted molar refractivity (Wildman–Crippen MR) is 62.3 cm³/mol. The first-order valence-corrected chi connectivity index (χ1v) is 6.07. The Kier molecular flexibility index (Phi) is 4.39. The zero-order valence-corrected chi connectivity index (χ0v) is 9.97. The van der Waals surface area contributed by atoms with Crippen molar-refractivity contribution < 1.29 is 0 Å². The van der Waals surface area contributed by atoms with E-state index in [0.717, 1.165) is 12.5 Å². The normalized spacial score (nSPS) is 31.7. The molecule has 0 aromatic heterocycles. The van der Waals surface area contributed by atoms with Crippen LogP contribution in [0.25, 0.3) is 0 Å². The van der Waals surface area contributed by atoms with Crippen LogP contribution in [0.15, 0.2) is 0 Å². The number of hydrogen-bond donors (Lipinski definition) is 2. The Morgan fingerprint density at radius 3 is 2.57 bits per heavy atom. The van der Waals surface area contributed by atoms with E-state index in [1.807, 2.05) is 0 Å². The fourth-order valence-corrected chi connectivity index (χ4v) is 2.62. The summed E-state index contributed by atoms with van der Waals surface area (Å²) < 4.78 is 0. The molecule has 3 atom stereocenters. The van der Waals surface area contributed by atoms with Crippen LogP contribution < -0.4 is 11.1 Å². The quantitative estimate of drug-likeness (QED) is 0.711. The molecule has 1 rings (SSSR count). The zero-order chi connectivity index (χ0) is 10.6. The molecular formula is C12H26N2. The van der Waals surface area contributed by atoms with Crippen LogP contribution in [0.2, 0.25) is 0 Å². The zero-order valence-electron chi connectivity index (χ0n) is 9.97. The molecule has 0 aromatic carbocycles. The Bertz CT molecular complexity index is 170. The van der Waals surface area contributed by atoms with Crippen molar-refractivity contribution >= 4 is 0 Å². The molecule has 0 amide bonds. The average Bonchev–Trinajstić information content (AvgIpc) is 2.51. The van der Waals surface area contributed by atoms with Gasteiger partial charge in [0.15, 0.2) is 0 Å². The van der Waals surface area contributed by atoms with Crippen LogP contribution in [0.3, 0.4) is 0 Å². The van der Waals surface area contributed by atoms with Crippen LogP contribution in [0.1, 0.15) is 52.9 Å². The maximum absolute atomic E-state index is 5.84. The third kappa shape index (κ3) is 3.25. The summed E-state index contributed by atoms with van der Waals surface area (Å²) in [5.74, 6) is 0.899. The maximum atomic E-state index is 5.84. The van der Waals surface area contributed by atoms with E-state index in [1.54, 1.807) is 0 Å². The first kappa shape index (κ1) is 12.0. The van der Waals surface area contributed by atoms with Gasteiger partial charge in [-0.2, -0.15) is 0 Å². The van der Waals surface area contributed by atoms with Crippen molar-refractivity contribution in [2.24, 2.45) is 11.7 Å². The Hall–Kier alpha value is -0.0800. The maximum Gasteiger partial charge on any atom is 0.0278 e. The molecule has 0 bridgehead atoms. The van der Waals surface area contributed by atoms with Crippen molar-refractivity contribution in [1.29, 1.82) is 0 Å². The smallest absolute Gasteiger partial charge is 0.0278 e. The molecule has 3 unspecified atom stereocenters. The van der Waals surface area contributed by atoms with Gasteiger partial charge >= 0.3 is 0 Å². The summed E-state index contributed by atoms with van der Waals surface area (Å²) >= 11 is 0. The molecule has 0 heterocycles. The van der Waals surface area contributed by atoms with Gasteiger partial charge in [-0.15, -0.1) is 0 Å². The lowest BCUT2D eigenvalue weighted by molar-refractivity contribution is 0.292. The molecular weight excluding hydrogens is 172 g/mol. The third-order valence-electron chi connectivity index (χ3n) is 3.50. The Morgan fingerprint density at radius 1 is 1.43 bits per heavy atom. The van der Waals surface area contributed by atoms with Crippen LogP contribution in [-0.4, -0.2) is 18.1 Å². The van der Waals surface area contributed by atoms with Crippen molar-refractivity contribution in [3.63, 3.8) is 0 Å². The molecule has 2 nitrogen and oxygen atoms in total. The summed E-state index contributed by atoms with van der Waals surface area (Å²) in [7, 11) is 0. The van der Waals surface area contributed by atoms with E-state index in [0.29, 0.717) is 6.04 Å². The molecule has 3 N–H and O–H groups in total.